The van der Waals surface area contributed by atoms with Crippen LogP contribution < -0.4 is 16.2 Å². The number of nitrogens with two attached hydrogens (primary N) is 1. The lowest BCUT2D eigenvalue weighted by molar-refractivity contribution is -0.128. The average molecular weight is 329 g/mol. The Morgan fingerprint density at radius 3 is 2.89 bits per heavy atom. The van der Waals surface area contributed by atoms with Gasteiger partial charge in [0.2, 0.25) is 11.9 Å². The molecule has 1 fully saturated rings. The fraction of sp³-hybridized carbons (Fsp3) is 0.545. The molecule has 1 saturated heterocycles. The molecule has 0 unspecified atom stereocenters. The number of rotatable bonds is 4. The van der Waals surface area contributed by atoms with E-state index in [4.69, 9.17) is 5.84 Å². The Hall–Kier alpha value is -1.41. The first-order valence-electron chi connectivity index (χ1n) is 6.10. The van der Waals surface area contributed by atoms with E-state index in [1.54, 1.807) is 11.1 Å². The third kappa shape index (κ3) is 3.32. The van der Waals surface area contributed by atoms with Gasteiger partial charge in [-0.25, -0.2) is 10.8 Å². The predicted octanol–water partition coefficient (Wildman–Crippen LogP) is 0.583. The van der Waals surface area contributed by atoms with Crippen molar-refractivity contribution >= 4 is 33.6 Å². The molecule has 7 nitrogen and oxygen atoms in total. The first-order chi connectivity index (χ1) is 9.11. The molecule has 2 rings (SSSR count). The second-order valence-corrected chi connectivity index (χ2v) is 5.31. The van der Waals surface area contributed by atoms with Gasteiger partial charge in [0.05, 0.1) is 11.0 Å². The molecule has 1 aromatic rings. The summed E-state index contributed by atoms with van der Waals surface area (Å²) in [5, 5.41) is 0. The SMILES string of the molecule is CN(CC(=O)N1CCCC1)c1nc(NN)ncc1Br. The number of likely N-dealkylation sites (tertiary alicyclic amines) is 1. The summed E-state index contributed by atoms with van der Waals surface area (Å²) in [6, 6.07) is 0. The molecule has 3 N–H and O–H groups in total. The molecule has 1 aromatic heterocycles. The van der Waals surface area contributed by atoms with Gasteiger partial charge < -0.3 is 9.80 Å². The van der Waals surface area contributed by atoms with E-state index >= 15 is 0 Å². The number of nitrogens with one attached hydrogen (secondary N) is 1. The number of halogens is 1. The quantitative estimate of drug-likeness (QED) is 0.621. The highest BCUT2D eigenvalue weighted by Gasteiger charge is 2.20. The van der Waals surface area contributed by atoms with E-state index in [-0.39, 0.29) is 5.91 Å². The summed E-state index contributed by atoms with van der Waals surface area (Å²) < 4.78 is 0.725. The minimum atomic E-state index is 0.118. The number of carbonyl (C=O) groups excluding carboxylic acids is 1. The molecule has 0 spiro atoms. The molecule has 1 aliphatic heterocycles. The van der Waals surface area contributed by atoms with Crippen LogP contribution in [0.3, 0.4) is 0 Å². The average Bonchev–Trinajstić information content (AvgIpc) is 2.93. The Morgan fingerprint density at radius 1 is 1.58 bits per heavy atom. The van der Waals surface area contributed by atoms with Crippen LogP contribution in [0.5, 0.6) is 0 Å². The van der Waals surface area contributed by atoms with Gasteiger partial charge in [0.1, 0.15) is 5.82 Å². The fourth-order valence-corrected chi connectivity index (χ4v) is 2.53. The lowest BCUT2D eigenvalue weighted by atomic mass is 10.4. The molecule has 0 aliphatic carbocycles. The van der Waals surface area contributed by atoms with Crippen LogP contribution in [0.2, 0.25) is 0 Å². The third-order valence-corrected chi connectivity index (χ3v) is 3.61. The summed E-state index contributed by atoms with van der Waals surface area (Å²) in [7, 11) is 1.82. The molecular formula is C11H17BrN6O. The molecule has 0 bridgehead atoms. The largest absolute Gasteiger partial charge is 0.349 e. The normalized spacial score (nSPS) is 14.6. The Bertz CT molecular complexity index is 462. The monoisotopic (exact) mass is 328 g/mol. The van der Waals surface area contributed by atoms with E-state index < -0.39 is 0 Å². The van der Waals surface area contributed by atoms with Crippen molar-refractivity contribution in [3.8, 4) is 0 Å². The maximum absolute atomic E-state index is 12.1. The molecule has 1 amide bonds. The molecular weight excluding hydrogens is 312 g/mol. The summed E-state index contributed by atoms with van der Waals surface area (Å²) in [5.41, 5.74) is 2.39. The smallest absolute Gasteiger partial charge is 0.242 e. The van der Waals surface area contributed by atoms with Crippen LogP contribution in [0.1, 0.15) is 12.8 Å². The highest BCUT2D eigenvalue weighted by molar-refractivity contribution is 9.10. The summed E-state index contributed by atoms with van der Waals surface area (Å²) in [6.07, 6.45) is 3.79. The van der Waals surface area contributed by atoms with E-state index in [1.165, 1.54) is 0 Å². The van der Waals surface area contributed by atoms with Crippen molar-refractivity contribution in [2.75, 3.05) is 37.0 Å². The number of aromatic nitrogens is 2. The zero-order valence-corrected chi connectivity index (χ0v) is 12.4. The fourth-order valence-electron chi connectivity index (χ4n) is 2.04. The lowest BCUT2D eigenvalue weighted by Gasteiger charge is -2.22. The second kappa shape index (κ2) is 6.16. The van der Waals surface area contributed by atoms with Gasteiger partial charge in [-0.3, -0.25) is 10.2 Å². The van der Waals surface area contributed by atoms with Crippen molar-refractivity contribution in [3.05, 3.63) is 10.7 Å². The van der Waals surface area contributed by atoms with Crippen molar-refractivity contribution in [2.24, 2.45) is 5.84 Å². The maximum Gasteiger partial charge on any atom is 0.242 e. The molecule has 0 saturated carbocycles. The van der Waals surface area contributed by atoms with Crippen LogP contribution in [-0.4, -0.2) is 47.5 Å². The van der Waals surface area contributed by atoms with Crippen LogP contribution >= 0.6 is 15.9 Å². The summed E-state index contributed by atoms with van der Waals surface area (Å²) in [4.78, 5) is 24.0. The topological polar surface area (TPSA) is 87.4 Å². The summed E-state index contributed by atoms with van der Waals surface area (Å²) in [6.45, 7) is 2.00. The Morgan fingerprint density at radius 2 is 2.26 bits per heavy atom. The van der Waals surface area contributed by atoms with Crippen molar-refractivity contribution in [2.45, 2.75) is 12.8 Å². The number of likely N-dealkylation sites (N-methyl/N-ethyl adjacent to an activating group) is 1. The van der Waals surface area contributed by atoms with Crippen molar-refractivity contribution in [1.82, 2.24) is 14.9 Å². The van der Waals surface area contributed by atoms with Gasteiger partial charge in [-0.15, -0.1) is 0 Å². The van der Waals surface area contributed by atoms with Crippen LogP contribution in [0.25, 0.3) is 0 Å². The van der Waals surface area contributed by atoms with Gasteiger partial charge in [0.15, 0.2) is 0 Å². The zero-order valence-electron chi connectivity index (χ0n) is 10.8. The lowest BCUT2D eigenvalue weighted by Crippen LogP contribution is -2.37. The van der Waals surface area contributed by atoms with Crippen LogP contribution in [0.15, 0.2) is 10.7 Å². The van der Waals surface area contributed by atoms with Gasteiger partial charge in [0.25, 0.3) is 0 Å². The first-order valence-corrected chi connectivity index (χ1v) is 6.89. The second-order valence-electron chi connectivity index (χ2n) is 4.45. The van der Waals surface area contributed by atoms with Gasteiger partial charge >= 0.3 is 0 Å². The number of nitrogen functional groups attached to an aromatic ring is 1. The van der Waals surface area contributed by atoms with E-state index in [9.17, 15) is 4.79 Å². The number of carbonyl (C=O) groups is 1. The van der Waals surface area contributed by atoms with Gasteiger partial charge in [-0.2, -0.15) is 4.98 Å². The molecule has 0 aromatic carbocycles. The maximum atomic E-state index is 12.1. The Balaban J connectivity index is 2.06. The van der Waals surface area contributed by atoms with Crippen molar-refractivity contribution in [1.29, 1.82) is 0 Å². The van der Waals surface area contributed by atoms with E-state index in [0.29, 0.717) is 18.3 Å². The standard InChI is InChI=1S/C11H17BrN6O/c1-17(7-9(19)18-4-2-3-5-18)10-8(12)6-14-11(15-10)16-13/h6H,2-5,7,13H2,1H3,(H,14,15,16). The van der Waals surface area contributed by atoms with Gasteiger partial charge in [-0.05, 0) is 28.8 Å². The summed E-state index contributed by atoms with van der Waals surface area (Å²) >= 11 is 3.37. The molecule has 104 valence electrons. The molecule has 1 aliphatic rings. The van der Waals surface area contributed by atoms with Crippen LogP contribution in [0, 0.1) is 0 Å². The zero-order chi connectivity index (χ0) is 13.8. The third-order valence-electron chi connectivity index (χ3n) is 3.05. The molecule has 0 atom stereocenters. The van der Waals surface area contributed by atoms with Crippen molar-refractivity contribution in [3.63, 3.8) is 0 Å². The predicted molar refractivity (Wildman–Crippen MR) is 76.6 cm³/mol. The molecule has 19 heavy (non-hydrogen) atoms. The highest BCUT2D eigenvalue weighted by atomic mass is 79.9. The Labute approximate surface area is 120 Å². The minimum absolute atomic E-state index is 0.118. The van der Waals surface area contributed by atoms with E-state index in [2.05, 4.69) is 31.3 Å². The van der Waals surface area contributed by atoms with E-state index in [1.807, 2.05) is 11.9 Å². The summed E-state index contributed by atoms with van der Waals surface area (Å²) in [5.74, 6) is 6.36. The number of anilines is 2. The van der Waals surface area contributed by atoms with Gasteiger partial charge in [0, 0.05) is 26.3 Å². The number of nitrogens with zero attached hydrogens (tertiary/aromatic N) is 4. The van der Waals surface area contributed by atoms with Gasteiger partial charge in [-0.1, -0.05) is 0 Å². The minimum Gasteiger partial charge on any atom is -0.349 e. The first kappa shape index (κ1) is 14.0. The number of amides is 1. The van der Waals surface area contributed by atoms with E-state index in [0.717, 1.165) is 30.4 Å². The van der Waals surface area contributed by atoms with Crippen LogP contribution in [0.4, 0.5) is 11.8 Å². The number of hydrazine groups is 1. The van der Waals surface area contributed by atoms with Crippen molar-refractivity contribution < 1.29 is 4.79 Å². The number of hydrogen-bond acceptors (Lipinski definition) is 6. The molecule has 0 radical (unpaired) electrons. The Kier molecular flexibility index (Phi) is 4.54. The molecule has 8 heteroatoms. The number of hydrogen-bond donors (Lipinski definition) is 2. The highest BCUT2D eigenvalue weighted by Crippen LogP contribution is 2.23. The molecule has 2 heterocycles. The van der Waals surface area contributed by atoms with Crippen LogP contribution in [-0.2, 0) is 4.79 Å².